The summed E-state index contributed by atoms with van der Waals surface area (Å²) < 4.78 is 12.0. The molecule has 1 saturated heterocycles. The summed E-state index contributed by atoms with van der Waals surface area (Å²) in [5.41, 5.74) is 1.18. The maximum absolute atomic E-state index is 13.4. The first-order valence-electron chi connectivity index (χ1n) is 11.8. The van der Waals surface area contributed by atoms with E-state index < -0.39 is 0 Å². The number of hydrogen-bond acceptors (Lipinski definition) is 7. The minimum absolute atomic E-state index is 0.0278. The molecule has 3 aromatic carbocycles. The van der Waals surface area contributed by atoms with Crippen LogP contribution in [0.4, 0.5) is 0 Å². The third-order valence-corrected chi connectivity index (χ3v) is 7.14. The molecule has 0 spiro atoms. The van der Waals surface area contributed by atoms with E-state index in [4.69, 9.17) is 9.15 Å². The summed E-state index contributed by atoms with van der Waals surface area (Å²) >= 11 is 1.33. The van der Waals surface area contributed by atoms with Gasteiger partial charge in [0.2, 0.25) is 5.43 Å². The average Bonchev–Trinajstić information content (AvgIpc) is 2.87. The summed E-state index contributed by atoms with van der Waals surface area (Å²) in [6.45, 7) is 3.89. The number of phenols is 2. The molecule has 4 aromatic rings. The lowest BCUT2D eigenvalue weighted by molar-refractivity contribution is 0.183. The van der Waals surface area contributed by atoms with E-state index in [2.05, 4.69) is 4.90 Å². The van der Waals surface area contributed by atoms with Crippen molar-refractivity contribution >= 4 is 22.7 Å². The maximum Gasteiger partial charge on any atom is 0.201 e. The highest BCUT2D eigenvalue weighted by Gasteiger charge is 2.18. The smallest absolute Gasteiger partial charge is 0.201 e. The summed E-state index contributed by atoms with van der Waals surface area (Å²) in [6.07, 6.45) is 3.86. The molecule has 1 aromatic heterocycles. The lowest BCUT2D eigenvalue weighted by Gasteiger charge is -2.26. The van der Waals surface area contributed by atoms with Crippen molar-refractivity contribution < 1.29 is 19.4 Å². The number of fused-ring (bicyclic) bond motifs is 1. The van der Waals surface area contributed by atoms with E-state index in [0.29, 0.717) is 33.8 Å². The number of piperidine rings is 1. The molecule has 0 aliphatic carbocycles. The molecule has 0 unspecified atom stereocenters. The Morgan fingerprint density at radius 3 is 2.34 bits per heavy atom. The van der Waals surface area contributed by atoms with Crippen molar-refractivity contribution in [2.45, 2.75) is 29.3 Å². The number of rotatable bonds is 7. The van der Waals surface area contributed by atoms with Crippen LogP contribution in [0.2, 0.25) is 0 Å². The molecule has 0 saturated carbocycles. The van der Waals surface area contributed by atoms with Crippen LogP contribution in [0.25, 0.3) is 22.1 Å². The monoisotopic (exact) mass is 489 g/mol. The number of hydrogen-bond donors (Lipinski definition) is 2. The topological polar surface area (TPSA) is 83.1 Å². The molecule has 6 nitrogen and oxygen atoms in total. The zero-order valence-electron chi connectivity index (χ0n) is 19.3. The van der Waals surface area contributed by atoms with E-state index in [0.717, 1.165) is 30.3 Å². The fraction of sp³-hybridized carbons (Fsp3) is 0.250. The van der Waals surface area contributed by atoms with Crippen molar-refractivity contribution in [3.05, 3.63) is 77.0 Å². The molecule has 1 aliphatic rings. The molecule has 0 bridgehead atoms. The molecule has 0 atom stereocenters. The number of phenolic OH excluding ortho intramolecular Hbond substituents is 2. The Balaban J connectivity index is 1.39. The molecule has 2 heterocycles. The van der Waals surface area contributed by atoms with Crippen LogP contribution in [0.5, 0.6) is 17.2 Å². The van der Waals surface area contributed by atoms with Crippen LogP contribution in [0.3, 0.4) is 0 Å². The van der Waals surface area contributed by atoms with E-state index in [-0.39, 0.29) is 16.9 Å². The Hall–Kier alpha value is -3.42. The first kappa shape index (κ1) is 23.3. The van der Waals surface area contributed by atoms with Gasteiger partial charge < -0.3 is 19.4 Å². The second kappa shape index (κ2) is 10.5. The number of aromatic hydroxyl groups is 2. The van der Waals surface area contributed by atoms with Gasteiger partial charge in [-0.15, -0.1) is 0 Å². The second-order valence-electron chi connectivity index (χ2n) is 8.65. The average molecular weight is 490 g/mol. The van der Waals surface area contributed by atoms with Gasteiger partial charge in [-0.05, 0) is 80.0 Å². The minimum Gasteiger partial charge on any atom is -0.508 e. The largest absolute Gasteiger partial charge is 0.508 e. The minimum atomic E-state index is -0.197. The van der Waals surface area contributed by atoms with Gasteiger partial charge in [-0.25, -0.2) is 0 Å². The molecule has 0 radical (unpaired) electrons. The SMILES string of the molecule is O=c1c(-c2ccc(O)cc2)c(Sc2ccc(OCCN3CCCCC3)cc2)oc2cc(O)ccc12. The lowest BCUT2D eigenvalue weighted by atomic mass is 10.1. The number of ether oxygens (including phenoxy) is 1. The van der Waals surface area contributed by atoms with Crippen LogP contribution in [-0.2, 0) is 0 Å². The molecule has 35 heavy (non-hydrogen) atoms. The fourth-order valence-electron chi connectivity index (χ4n) is 4.30. The van der Waals surface area contributed by atoms with Crippen molar-refractivity contribution in [1.82, 2.24) is 4.90 Å². The van der Waals surface area contributed by atoms with E-state index in [9.17, 15) is 15.0 Å². The van der Waals surface area contributed by atoms with Crippen LogP contribution >= 0.6 is 11.8 Å². The van der Waals surface area contributed by atoms with Crippen LogP contribution in [-0.4, -0.2) is 41.4 Å². The van der Waals surface area contributed by atoms with E-state index >= 15 is 0 Å². The van der Waals surface area contributed by atoms with Gasteiger partial charge in [-0.1, -0.05) is 30.3 Å². The first-order valence-corrected chi connectivity index (χ1v) is 12.6. The van der Waals surface area contributed by atoms with Gasteiger partial charge in [0.1, 0.15) is 29.4 Å². The highest BCUT2D eigenvalue weighted by molar-refractivity contribution is 7.99. The standard InChI is InChI=1S/C28H27NO5S/c30-20-6-4-19(5-7-20)26-27(32)24-13-8-21(31)18-25(24)34-28(26)35-23-11-9-22(10-12-23)33-17-16-29-14-2-1-3-15-29/h4-13,18,30-31H,1-3,14-17H2. The van der Waals surface area contributed by atoms with Gasteiger partial charge >= 0.3 is 0 Å². The van der Waals surface area contributed by atoms with E-state index in [1.54, 1.807) is 30.3 Å². The fourth-order valence-corrected chi connectivity index (χ4v) is 5.23. The molecule has 1 aliphatic heterocycles. The quantitative estimate of drug-likeness (QED) is 0.335. The summed E-state index contributed by atoms with van der Waals surface area (Å²) in [5.74, 6) is 0.948. The first-order chi connectivity index (χ1) is 17.1. The predicted octanol–water partition coefficient (Wildman–Crippen LogP) is 5.89. The molecular weight excluding hydrogens is 462 g/mol. The van der Waals surface area contributed by atoms with E-state index in [1.165, 1.54) is 43.2 Å². The number of benzene rings is 3. The molecule has 1 fully saturated rings. The zero-order chi connectivity index (χ0) is 24.2. The van der Waals surface area contributed by atoms with Gasteiger partial charge in [-0.2, -0.15) is 0 Å². The van der Waals surface area contributed by atoms with Gasteiger partial charge in [-0.3, -0.25) is 9.69 Å². The summed E-state index contributed by atoms with van der Waals surface area (Å²) in [5, 5.41) is 20.4. The molecular formula is C28H27NO5S. The van der Waals surface area contributed by atoms with Crippen molar-refractivity contribution in [1.29, 1.82) is 0 Å². The van der Waals surface area contributed by atoms with Crippen LogP contribution in [0.1, 0.15) is 19.3 Å². The molecule has 2 N–H and O–H groups in total. The van der Waals surface area contributed by atoms with Gasteiger partial charge in [0, 0.05) is 17.5 Å². The normalized spacial score (nSPS) is 14.3. The van der Waals surface area contributed by atoms with Crippen molar-refractivity contribution in [3.8, 4) is 28.4 Å². The van der Waals surface area contributed by atoms with Crippen LogP contribution in [0, 0.1) is 0 Å². The summed E-state index contributed by atoms with van der Waals surface area (Å²) in [6, 6.07) is 18.7. The highest BCUT2D eigenvalue weighted by Crippen LogP contribution is 2.37. The Morgan fingerprint density at radius 2 is 1.60 bits per heavy atom. The van der Waals surface area contributed by atoms with Crippen molar-refractivity contribution in [2.75, 3.05) is 26.2 Å². The Morgan fingerprint density at radius 1 is 0.886 bits per heavy atom. The van der Waals surface area contributed by atoms with Crippen LogP contribution in [0.15, 0.2) is 85.9 Å². The number of nitrogens with zero attached hydrogens (tertiary/aromatic N) is 1. The lowest BCUT2D eigenvalue weighted by Crippen LogP contribution is -2.33. The molecule has 0 amide bonds. The summed E-state index contributed by atoms with van der Waals surface area (Å²) in [7, 11) is 0. The maximum atomic E-state index is 13.4. The second-order valence-corrected chi connectivity index (χ2v) is 9.69. The zero-order valence-corrected chi connectivity index (χ0v) is 20.1. The van der Waals surface area contributed by atoms with Gasteiger partial charge in [0.25, 0.3) is 0 Å². The Labute approximate surface area is 207 Å². The Bertz CT molecular complexity index is 1360. The molecule has 7 heteroatoms. The third-order valence-electron chi connectivity index (χ3n) is 6.16. The molecule has 180 valence electrons. The van der Waals surface area contributed by atoms with E-state index in [1.807, 2.05) is 24.3 Å². The Kier molecular flexibility index (Phi) is 6.97. The highest BCUT2D eigenvalue weighted by atomic mass is 32.2. The van der Waals surface area contributed by atoms with Crippen molar-refractivity contribution in [2.24, 2.45) is 0 Å². The van der Waals surface area contributed by atoms with Crippen LogP contribution < -0.4 is 10.2 Å². The number of likely N-dealkylation sites (tertiary alicyclic amines) is 1. The summed E-state index contributed by atoms with van der Waals surface area (Å²) in [4.78, 5) is 16.7. The molecule has 5 rings (SSSR count). The predicted molar refractivity (Wildman–Crippen MR) is 138 cm³/mol. The van der Waals surface area contributed by atoms with Crippen molar-refractivity contribution in [3.63, 3.8) is 0 Å². The van der Waals surface area contributed by atoms with Gasteiger partial charge in [0.05, 0.1) is 10.9 Å². The third kappa shape index (κ3) is 5.47. The van der Waals surface area contributed by atoms with Gasteiger partial charge in [0.15, 0.2) is 5.09 Å².